The topological polar surface area (TPSA) is 84.1 Å². The van der Waals surface area contributed by atoms with E-state index in [0.717, 1.165) is 11.3 Å². The summed E-state index contributed by atoms with van der Waals surface area (Å²) in [5, 5.41) is 2.68. The number of benzene rings is 1. The van der Waals surface area contributed by atoms with Crippen molar-refractivity contribution in [2.24, 2.45) is 0 Å². The number of H-pyrrole nitrogens is 1. The van der Waals surface area contributed by atoms with E-state index < -0.39 is 0 Å². The van der Waals surface area contributed by atoms with Crippen molar-refractivity contribution in [3.8, 4) is 5.75 Å². The molecule has 0 spiro atoms. The van der Waals surface area contributed by atoms with Gasteiger partial charge in [-0.1, -0.05) is 12.1 Å². The van der Waals surface area contributed by atoms with Crippen molar-refractivity contribution >= 4 is 11.7 Å². The monoisotopic (exact) mass is 299 g/mol. The van der Waals surface area contributed by atoms with Crippen LogP contribution in [0.15, 0.2) is 29.1 Å². The molecule has 1 aliphatic rings. The number of anilines is 1. The lowest BCUT2D eigenvalue weighted by atomic mass is 9.87. The fourth-order valence-electron chi connectivity index (χ4n) is 2.73. The van der Waals surface area contributed by atoms with Crippen molar-refractivity contribution in [2.45, 2.75) is 26.2 Å². The molecule has 6 nitrogen and oxygen atoms in total. The number of rotatable bonds is 3. The predicted octanol–water partition coefficient (Wildman–Crippen LogP) is 1.95. The first-order chi connectivity index (χ1) is 10.6. The molecule has 0 bridgehead atoms. The quantitative estimate of drug-likeness (QED) is 0.907. The normalized spacial score (nSPS) is 16.8. The Kier molecular flexibility index (Phi) is 3.66. The van der Waals surface area contributed by atoms with Crippen molar-refractivity contribution in [1.29, 1.82) is 0 Å². The van der Waals surface area contributed by atoms with Crippen LogP contribution in [0.5, 0.6) is 5.75 Å². The summed E-state index contributed by atoms with van der Waals surface area (Å²) in [5.74, 6) is 1.18. The highest BCUT2D eigenvalue weighted by Crippen LogP contribution is 2.34. The van der Waals surface area contributed by atoms with Gasteiger partial charge in [-0.15, -0.1) is 0 Å². The van der Waals surface area contributed by atoms with Gasteiger partial charge in [-0.3, -0.25) is 9.59 Å². The number of aryl methyl sites for hydroxylation is 1. The molecule has 6 heteroatoms. The molecular weight excluding hydrogens is 282 g/mol. The average Bonchev–Trinajstić information content (AvgIpc) is 2.46. The van der Waals surface area contributed by atoms with Gasteiger partial charge in [0, 0.05) is 12.3 Å². The summed E-state index contributed by atoms with van der Waals surface area (Å²) in [5.41, 5.74) is 1.20. The largest absolute Gasteiger partial charge is 0.494 e. The number of carbonyl (C=O) groups is 1. The van der Waals surface area contributed by atoms with Crippen molar-refractivity contribution < 1.29 is 9.53 Å². The molecule has 1 amide bonds. The SMILES string of the molecule is CCOc1ccc([C@H]2CC(=O)Nc3nc(C)[nH]c(=O)c32)cc1. The van der Waals surface area contributed by atoms with Gasteiger partial charge in [0.25, 0.3) is 5.56 Å². The Morgan fingerprint density at radius 2 is 2.00 bits per heavy atom. The van der Waals surface area contributed by atoms with Gasteiger partial charge in [-0.25, -0.2) is 4.98 Å². The molecule has 0 saturated heterocycles. The van der Waals surface area contributed by atoms with Crippen LogP contribution in [0.1, 0.15) is 36.2 Å². The molecule has 2 aromatic rings. The van der Waals surface area contributed by atoms with E-state index in [9.17, 15) is 9.59 Å². The van der Waals surface area contributed by atoms with Crippen LogP contribution in [0.4, 0.5) is 5.82 Å². The lowest BCUT2D eigenvalue weighted by Crippen LogP contribution is -2.31. The minimum absolute atomic E-state index is 0.135. The van der Waals surface area contributed by atoms with Crippen LogP contribution < -0.4 is 15.6 Å². The van der Waals surface area contributed by atoms with Gasteiger partial charge in [-0.05, 0) is 31.5 Å². The minimum Gasteiger partial charge on any atom is -0.494 e. The molecule has 2 heterocycles. The molecule has 1 aromatic heterocycles. The number of aromatic nitrogens is 2. The molecule has 1 aliphatic heterocycles. The maximum absolute atomic E-state index is 12.3. The number of nitrogens with zero attached hydrogens (tertiary/aromatic N) is 1. The van der Waals surface area contributed by atoms with Crippen molar-refractivity contribution in [1.82, 2.24) is 9.97 Å². The molecular formula is C16H17N3O3. The van der Waals surface area contributed by atoms with Crippen LogP contribution in [-0.4, -0.2) is 22.5 Å². The molecule has 0 unspecified atom stereocenters. The van der Waals surface area contributed by atoms with Crippen LogP contribution >= 0.6 is 0 Å². The predicted molar refractivity (Wildman–Crippen MR) is 82.3 cm³/mol. The number of hydrogen-bond donors (Lipinski definition) is 2. The average molecular weight is 299 g/mol. The van der Waals surface area contributed by atoms with E-state index in [1.54, 1.807) is 6.92 Å². The molecule has 1 atom stereocenters. The van der Waals surface area contributed by atoms with Crippen molar-refractivity contribution in [3.05, 3.63) is 51.6 Å². The summed E-state index contributed by atoms with van der Waals surface area (Å²) in [7, 11) is 0. The Morgan fingerprint density at radius 3 is 2.68 bits per heavy atom. The third kappa shape index (κ3) is 2.59. The molecule has 1 aromatic carbocycles. The Bertz CT molecular complexity index is 765. The second kappa shape index (κ2) is 5.63. The summed E-state index contributed by atoms with van der Waals surface area (Å²) < 4.78 is 5.42. The van der Waals surface area contributed by atoms with E-state index in [1.165, 1.54) is 0 Å². The first kappa shape index (κ1) is 14.3. The summed E-state index contributed by atoms with van der Waals surface area (Å²) in [6, 6.07) is 7.47. The number of ether oxygens (including phenoxy) is 1. The van der Waals surface area contributed by atoms with Gasteiger partial charge in [0.05, 0.1) is 12.2 Å². The van der Waals surface area contributed by atoms with E-state index in [0.29, 0.717) is 23.8 Å². The molecule has 114 valence electrons. The Morgan fingerprint density at radius 1 is 1.27 bits per heavy atom. The van der Waals surface area contributed by atoms with Gasteiger partial charge in [-0.2, -0.15) is 0 Å². The standard InChI is InChI=1S/C16H17N3O3/c1-3-22-11-6-4-10(5-7-11)12-8-13(20)19-15-14(12)16(21)18-9(2)17-15/h4-7,12H,3,8H2,1-2H3,(H2,17,18,19,20,21)/t12-/m1/s1. The molecule has 22 heavy (non-hydrogen) atoms. The van der Waals surface area contributed by atoms with Crippen LogP contribution in [0.25, 0.3) is 0 Å². The Labute approximate surface area is 127 Å². The van der Waals surface area contributed by atoms with Crippen LogP contribution in [0, 0.1) is 6.92 Å². The highest BCUT2D eigenvalue weighted by Gasteiger charge is 2.30. The number of amides is 1. The van der Waals surface area contributed by atoms with Gasteiger partial charge in [0.2, 0.25) is 5.91 Å². The number of aromatic amines is 1. The number of carbonyl (C=O) groups excluding carboxylic acids is 1. The summed E-state index contributed by atoms with van der Waals surface area (Å²) in [4.78, 5) is 31.1. The molecule has 0 saturated carbocycles. The van der Waals surface area contributed by atoms with Crippen LogP contribution in [0.2, 0.25) is 0 Å². The molecule has 0 aliphatic carbocycles. The van der Waals surface area contributed by atoms with E-state index in [4.69, 9.17) is 4.74 Å². The van der Waals surface area contributed by atoms with Gasteiger partial charge < -0.3 is 15.0 Å². The maximum Gasteiger partial charge on any atom is 0.256 e. The summed E-state index contributed by atoms with van der Waals surface area (Å²) in [6.07, 6.45) is 0.231. The van der Waals surface area contributed by atoms with Gasteiger partial charge in [0.1, 0.15) is 17.4 Å². The van der Waals surface area contributed by atoms with E-state index in [-0.39, 0.29) is 23.8 Å². The van der Waals surface area contributed by atoms with Crippen molar-refractivity contribution in [2.75, 3.05) is 11.9 Å². The second-order valence-corrected chi connectivity index (χ2v) is 5.22. The van der Waals surface area contributed by atoms with E-state index in [1.807, 2.05) is 31.2 Å². The number of nitrogens with one attached hydrogen (secondary N) is 2. The lowest BCUT2D eigenvalue weighted by Gasteiger charge is -2.24. The zero-order chi connectivity index (χ0) is 15.7. The van der Waals surface area contributed by atoms with E-state index in [2.05, 4.69) is 15.3 Å². The number of hydrogen-bond acceptors (Lipinski definition) is 4. The smallest absolute Gasteiger partial charge is 0.256 e. The molecule has 3 rings (SSSR count). The van der Waals surface area contributed by atoms with Crippen LogP contribution in [-0.2, 0) is 4.79 Å². The van der Waals surface area contributed by atoms with Gasteiger partial charge >= 0.3 is 0 Å². The fourth-order valence-corrected chi connectivity index (χ4v) is 2.73. The van der Waals surface area contributed by atoms with Crippen molar-refractivity contribution in [3.63, 3.8) is 0 Å². The fraction of sp³-hybridized carbons (Fsp3) is 0.312. The maximum atomic E-state index is 12.3. The highest BCUT2D eigenvalue weighted by atomic mass is 16.5. The molecule has 2 N–H and O–H groups in total. The van der Waals surface area contributed by atoms with E-state index >= 15 is 0 Å². The zero-order valence-electron chi connectivity index (χ0n) is 12.5. The Hall–Kier alpha value is -2.63. The first-order valence-electron chi connectivity index (χ1n) is 7.22. The third-order valence-corrected chi connectivity index (χ3v) is 3.66. The molecule has 0 fully saturated rings. The third-order valence-electron chi connectivity index (χ3n) is 3.66. The summed E-state index contributed by atoms with van der Waals surface area (Å²) >= 11 is 0. The second-order valence-electron chi connectivity index (χ2n) is 5.22. The van der Waals surface area contributed by atoms with Crippen LogP contribution in [0.3, 0.4) is 0 Å². The highest BCUT2D eigenvalue weighted by molar-refractivity contribution is 5.94. The van der Waals surface area contributed by atoms with Gasteiger partial charge in [0.15, 0.2) is 0 Å². The molecule has 0 radical (unpaired) electrons. The lowest BCUT2D eigenvalue weighted by molar-refractivity contribution is -0.116. The first-order valence-corrected chi connectivity index (χ1v) is 7.22. The minimum atomic E-state index is -0.295. The zero-order valence-corrected chi connectivity index (χ0v) is 12.5. The Balaban J connectivity index is 2.05. The summed E-state index contributed by atoms with van der Waals surface area (Å²) in [6.45, 7) is 4.20. The number of fused-ring (bicyclic) bond motifs is 1.